The van der Waals surface area contributed by atoms with Gasteiger partial charge in [-0.1, -0.05) is 0 Å². The van der Waals surface area contributed by atoms with Gasteiger partial charge in [0.1, 0.15) is 0 Å². The second-order valence-corrected chi connectivity index (χ2v) is 2.77. The first-order valence-corrected chi connectivity index (χ1v) is 3.61. The fourth-order valence-corrected chi connectivity index (χ4v) is 1.32. The van der Waals surface area contributed by atoms with Gasteiger partial charge in [-0.15, -0.1) is 0 Å². The van der Waals surface area contributed by atoms with Gasteiger partial charge in [-0.25, -0.2) is 9.18 Å². The molecule has 4 heteroatoms. The zero-order chi connectivity index (χ0) is 8.43. The lowest BCUT2D eigenvalue weighted by atomic mass is 9.97. The molecule has 0 aliphatic carbocycles. The first-order valence-electron chi connectivity index (χ1n) is 3.61. The fraction of sp³-hybridized carbons (Fsp3) is 0.857. The third-order valence-electron chi connectivity index (χ3n) is 2.05. The maximum atomic E-state index is 12.8. The normalized spacial score (nSPS) is 33.6. The van der Waals surface area contributed by atoms with Gasteiger partial charge in [-0.3, -0.25) is 0 Å². The maximum Gasteiger partial charge on any atom is 0.338 e. The zero-order valence-corrected chi connectivity index (χ0v) is 6.29. The van der Waals surface area contributed by atoms with Gasteiger partial charge in [0.15, 0.2) is 0 Å². The average molecular weight is 162 g/mol. The lowest BCUT2D eigenvalue weighted by molar-refractivity contribution is -0.145. The van der Waals surface area contributed by atoms with Crippen molar-refractivity contribution in [1.82, 2.24) is 0 Å². The molecule has 0 radical (unpaired) electrons. The first-order chi connectivity index (χ1) is 5.13. The Morgan fingerprint density at radius 1 is 1.82 bits per heavy atom. The van der Waals surface area contributed by atoms with Crippen molar-refractivity contribution in [2.75, 3.05) is 6.61 Å². The highest BCUT2D eigenvalue weighted by molar-refractivity contribution is 5.72. The Morgan fingerprint density at radius 3 is 2.82 bits per heavy atom. The molecule has 1 fully saturated rings. The van der Waals surface area contributed by atoms with Crippen LogP contribution < -0.4 is 0 Å². The van der Waals surface area contributed by atoms with Gasteiger partial charge >= 0.3 is 5.97 Å². The molecule has 3 unspecified atom stereocenters. The summed E-state index contributed by atoms with van der Waals surface area (Å²) in [5, 5.41) is 8.33. The van der Waals surface area contributed by atoms with E-state index in [-0.39, 0.29) is 6.10 Å². The molecule has 0 aromatic rings. The zero-order valence-electron chi connectivity index (χ0n) is 6.29. The van der Waals surface area contributed by atoms with E-state index in [1.54, 1.807) is 6.92 Å². The summed E-state index contributed by atoms with van der Waals surface area (Å²) in [6, 6.07) is 0. The van der Waals surface area contributed by atoms with Crippen LogP contribution in [-0.2, 0) is 9.53 Å². The summed E-state index contributed by atoms with van der Waals surface area (Å²) in [5.41, 5.74) is 0. The summed E-state index contributed by atoms with van der Waals surface area (Å²) in [5.74, 6) is -1.85. The van der Waals surface area contributed by atoms with Crippen LogP contribution in [0.4, 0.5) is 4.39 Å². The average Bonchev–Trinajstić information content (AvgIpc) is 2.33. The molecule has 0 amide bonds. The summed E-state index contributed by atoms with van der Waals surface area (Å²) >= 11 is 0. The molecule has 1 rings (SSSR count). The number of hydrogen-bond acceptors (Lipinski definition) is 2. The third-order valence-corrected chi connectivity index (χ3v) is 2.05. The number of ether oxygens (including phenoxy) is 1. The third kappa shape index (κ3) is 1.68. The van der Waals surface area contributed by atoms with Gasteiger partial charge in [0.05, 0.1) is 6.10 Å². The van der Waals surface area contributed by atoms with Gasteiger partial charge in [-0.05, 0) is 13.3 Å². The summed E-state index contributed by atoms with van der Waals surface area (Å²) in [4.78, 5) is 10.2. The molecule has 1 saturated heterocycles. The first kappa shape index (κ1) is 8.46. The molecule has 3 nitrogen and oxygen atoms in total. The second kappa shape index (κ2) is 3.17. The molecule has 1 aliphatic rings. The number of hydrogen-bond donors (Lipinski definition) is 1. The second-order valence-electron chi connectivity index (χ2n) is 2.77. The van der Waals surface area contributed by atoms with Crippen molar-refractivity contribution in [3.63, 3.8) is 0 Å². The van der Waals surface area contributed by atoms with Gasteiger partial charge in [0.2, 0.25) is 6.17 Å². The smallest absolute Gasteiger partial charge is 0.338 e. The molecule has 11 heavy (non-hydrogen) atoms. The fourth-order valence-electron chi connectivity index (χ4n) is 1.32. The minimum absolute atomic E-state index is 0.263. The molecule has 0 spiro atoms. The van der Waals surface area contributed by atoms with E-state index in [1.165, 1.54) is 0 Å². The van der Waals surface area contributed by atoms with E-state index in [0.717, 1.165) is 0 Å². The topological polar surface area (TPSA) is 46.5 Å². The number of carbonyl (C=O) groups is 1. The van der Waals surface area contributed by atoms with Crippen LogP contribution >= 0.6 is 0 Å². The van der Waals surface area contributed by atoms with Crippen LogP contribution in [0.5, 0.6) is 0 Å². The number of rotatable bonds is 2. The van der Waals surface area contributed by atoms with Crippen LogP contribution in [-0.4, -0.2) is 30.0 Å². The SMILES string of the molecule is CC1OCCC1C(F)C(=O)O. The van der Waals surface area contributed by atoms with E-state index in [2.05, 4.69) is 0 Å². The Bertz CT molecular complexity index is 160. The minimum atomic E-state index is -1.77. The molecular weight excluding hydrogens is 151 g/mol. The van der Waals surface area contributed by atoms with Crippen LogP contribution in [0, 0.1) is 5.92 Å². The molecule has 64 valence electrons. The highest BCUT2D eigenvalue weighted by atomic mass is 19.1. The van der Waals surface area contributed by atoms with E-state index in [0.29, 0.717) is 13.0 Å². The van der Waals surface area contributed by atoms with Crippen molar-refractivity contribution in [2.24, 2.45) is 5.92 Å². The molecule has 0 aromatic carbocycles. The highest BCUT2D eigenvalue weighted by Gasteiger charge is 2.36. The Balaban J connectivity index is 2.52. The van der Waals surface area contributed by atoms with Gasteiger partial charge < -0.3 is 9.84 Å². The summed E-state index contributed by atoms with van der Waals surface area (Å²) < 4.78 is 17.8. The molecule has 1 N–H and O–H groups in total. The van der Waals surface area contributed by atoms with E-state index in [4.69, 9.17) is 9.84 Å². The number of halogens is 1. The van der Waals surface area contributed by atoms with Gasteiger partial charge in [0.25, 0.3) is 0 Å². The van der Waals surface area contributed by atoms with E-state index in [9.17, 15) is 9.18 Å². The quantitative estimate of drug-likeness (QED) is 0.654. The Labute approximate surface area is 64.2 Å². The van der Waals surface area contributed by atoms with Crippen molar-refractivity contribution in [3.8, 4) is 0 Å². The van der Waals surface area contributed by atoms with Gasteiger partial charge in [0, 0.05) is 12.5 Å². The molecule has 0 saturated carbocycles. The van der Waals surface area contributed by atoms with E-state index < -0.39 is 18.1 Å². The van der Waals surface area contributed by atoms with Crippen LogP contribution in [0.2, 0.25) is 0 Å². The summed E-state index contributed by atoms with van der Waals surface area (Å²) in [7, 11) is 0. The van der Waals surface area contributed by atoms with Crippen molar-refractivity contribution < 1.29 is 19.0 Å². The number of aliphatic carboxylic acids is 1. The van der Waals surface area contributed by atoms with Crippen molar-refractivity contribution in [1.29, 1.82) is 0 Å². The minimum Gasteiger partial charge on any atom is -0.479 e. The number of alkyl halides is 1. The van der Waals surface area contributed by atoms with Crippen LogP contribution in [0.1, 0.15) is 13.3 Å². The predicted octanol–water partition coefficient (Wildman–Crippen LogP) is 0.834. The summed E-state index contributed by atoms with van der Waals surface area (Å²) in [6.45, 7) is 2.17. The van der Waals surface area contributed by atoms with Gasteiger partial charge in [-0.2, -0.15) is 0 Å². The van der Waals surface area contributed by atoms with E-state index in [1.807, 2.05) is 0 Å². The Hall–Kier alpha value is -0.640. The maximum absolute atomic E-state index is 12.8. The molecule has 1 aliphatic heterocycles. The molecule has 0 bridgehead atoms. The molecule has 3 atom stereocenters. The predicted molar refractivity (Wildman–Crippen MR) is 36.1 cm³/mol. The lowest BCUT2D eigenvalue weighted by Crippen LogP contribution is -2.29. The van der Waals surface area contributed by atoms with E-state index >= 15 is 0 Å². The lowest BCUT2D eigenvalue weighted by Gasteiger charge is -2.14. The van der Waals surface area contributed by atoms with Crippen molar-refractivity contribution >= 4 is 5.97 Å². The molecule has 1 heterocycles. The number of carboxylic acids is 1. The standard InChI is InChI=1S/C7H11FO3/c1-4-5(2-3-11-4)6(8)7(9)10/h4-6H,2-3H2,1H3,(H,9,10). The van der Waals surface area contributed by atoms with Crippen LogP contribution in [0.15, 0.2) is 0 Å². The largest absolute Gasteiger partial charge is 0.479 e. The Morgan fingerprint density at radius 2 is 2.45 bits per heavy atom. The molecule has 0 aromatic heterocycles. The highest BCUT2D eigenvalue weighted by Crippen LogP contribution is 2.25. The monoisotopic (exact) mass is 162 g/mol. The Kier molecular flexibility index (Phi) is 2.44. The van der Waals surface area contributed by atoms with Crippen molar-refractivity contribution in [3.05, 3.63) is 0 Å². The van der Waals surface area contributed by atoms with Crippen LogP contribution in [0.25, 0.3) is 0 Å². The summed E-state index contributed by atoms with van der Waals surface area (Å²) in [6.07, 6.45) is -1.53. The number of carboxylic acid groups (broad SMARTS) is 1. The molecular formula is C7H11FO3. The van der Waals surface area contributed by atoms with Crippen molar-refractivity contribution in [2.45, 2.75) is 25.6 Å². The van der Waals surface area contributed by atoms with Crippen LogP contribution in [0.3, 0.4) is 0 Å².